The van der Waals surface area contributed by atoms with Gasteiger partial charge in [-0.05, 0) is 50.5 Å². The topological polar surface area (TPSA) is 44.2 Å². The first-order chi connectivity index (χ1) is 11.1. The van der Waals surface area contributed by atoms with Gasteiger partial charge in [0.1, 0.15) is 16.4 Å². The molecule has 0 bridgehead atoms. The fraction of sp³-hybridized carbons (Fsp3) is 0.333. The average molecular weight is 328 g/mol. The maximum atomic E-state index is 6.05. The summed E-state index contributed by atoms with van der Waals surface area (Å²) >= 11 is 1.68. The Bertz CT molecular complexity index is 825. The highest BCUT2D eigenvalue weighted by Crippen LogP contribution is 2.36. The van der Waals surface area contributed by atoms with E-state index in [4.69, 9.17) is 9.47 Å². The molecule has 2 heterocycles. The van der Waals surface area contributed by atoms with Gasteiger partial charge >= 0.3 is 0 Å². The molecular formula is C18H20N2O2S. The number of methoxy groups -OCH3 is 1. The SMILES string of the molecule is COCCc1ccc(Oc2nc(C)nc3sc(C)c(C)c23)cc1. The maximum absolute atomic E-state index is 6.05. The van der Waals surface area contributed by atoms with Gasteiger partial charge in [0.25, 0.3) is 0 Å². The van der Waals surface area contributed by atoms with Gasteiger partial charge in [0, 0.05) is 12.0 Å². The molecule has 3 aromatic rings. The van der Waals surface area contributed by atoms with Crippen molar-refractivity contribution in [2.75, 3.05) is 13.7 Å². The highest BCUT2D eigenvalue weighted by atomic mass is 32.1. The van der Waals surface area contributed by atoms with Gasteiger partial charge in [-0.2, -0.15) is 4.98 Å². The first-order valence-electron chi connectivity index (χ1n) is 7.58. The molecule has 0 aliphatic heterocycles. The smallest absolute Gasteiger partial charge is 0.231 e. The Morgan fingerprint density at radius 1 is 1.04 bits per heavy atom. The van der Waals surface area contributed by atoms with Crippen molar-refractivity contribution < 1.29 is 9.47 Å². The van der Waals surface area contributed by atoms with Crippen LogP contribution in [0.15, 0.2) is 24.3 Å². The van der Waals surface area contributed by atoms with E-state index in [1.807, 2.05) is 19.1 Å². The Morgan fingerprint density at radius 2 is 1.78 bits per heavy atom. The second-order valence-electron chi connectivity index (χ2n) is 5.53. The summed E-state index contributed by atoms with van der Waals surface area (Å²) in [7, 11) is 1.71. The molecule has 0 amide bonds. The first kappa shape index (κ1) is 15.9. The molecule has 23 heavy (non-hydrogen) atoms. The Kier molecular flexibility index (Phi) is 4.59. The molecule has 0 saturated carbocycles. The van der Waals surface area contributed by atoms with Crippen molar-refractivity contribution in [3.05, 3.63) is 46.1 Å². The van der Waals surface area contributed by atoms with Gasteiger partial charge in [-0.1, -0.05) is 12.1 Å². The van der Waals surface area contributed by atoms with Crippen molar-refractivity contribution in [2.24, 2.45) is 0 Å². The summed E-state index contributed by atoms with van der Waals surface area (Å²) in [6, 6.07) is 8.07. The molecule has 0 N–H and O–H groups in total. The van der Waals surface area contributed by atoms with Crippen molar-refractivity contribution in [2.45, 2.75) is 27.2 Å². The zero-order valence-electron chi connectivity index (χ0n) is 13.8. The average Bonchev–Trinajstić information content (AvgIpc) is 2.81. The zero-order chi connectivity index (χ0) is 16.4. The minimum Gasteiger partial charge on any atom is -0.438 e. The van der Waals surface area contributed by atoms with Crippen LogP contribution in [0, 0.1) is 20.8 Å². The van der Waals surface area contributed by atoms with Crippen molar-refractivity contribution in [3.8, 4) is 11.6 Å². The molecule has 0 atom stereocenters. The van der Waals surface area contributed by atoms with E-state index in [0.29, 0.717) is 5.88 Å². The molecule has 0 spiro atoms. The third-order valence-corrected chi connectivity index (χ3v) is 4.94. The summed E-state index contributed by atoms with van der Waals surface area (Å²) in [5.74, 6) is 2.15. The van der Waals surface area contributed by atoms with E-state index in [9.17, 15) is 0 Å². The highest BCUT2D eigenvalue weighted by molar-refractivity contribution is 7.18. The summed E-state index contributed by atoms with van der Waals surface area (Å²) in [5.41, 5.74) is 2.42. The van der Waals surface area contributed by atoms with Crippen molar-refractivity contribution >= 4 is 21.6 Å². The Labute approximate surface area is 140 Å². The predicted molar refractivity (Wildman–Crippen MR) is 93.7 cm³/mol. The molecule has 2 aromatic heterocycles. The van der Waals surface area contributed by atoms with Crippen LogP contribution in [-0.4, -0.2) is 23.7 Å². The Balaban J connectivity index is 1.92. The second kappa shape index (κ2) is 6.64. The van der Waals surface area contributed by atoms with Gasteiger partial charge in [0.2, 0.25) is 5.88 Å². The monoisotopic (exact) mass is 328 g/mol. The molecule has 0 unspecified atom stereocenters. The van der Waals surface area contributed by atoms with E-state index in [1.165, 1.54) is 16.0 Å². The summed E-state index contributed by atoms with van der Waals surface area (Å²) < 4.78 is 11.2. The van der Waals surface area contributed by atoms with Gasteiger partial charge < -0.3 is 9.47 Å². The van der Waals surface area contributed by atoms with Gasteiger partial charge in [0.05, 0.1) is 12.0 Å². The molecule has 0 aliphatic carbocycles. The Morgan fingerprint density at radius 3 is 2.48 bits per heavy atom. The zero-order valence-corrected chi connectivity index (χ0v) is 14.7. The lowest BCUT2D eigenvalue weighted by molar-refractivity contribution is 0.202. The van der Waals surface area contributed by atoms with Crippen molar-refractivity contribution in [1.82, 2.24) is 9.97 Å². The number of ether oxygens (including phenoxy) is 2. The normalized spacial score (nSPS) is 11.1. The van der Waals surface area contributed by atoms with Gasteiger partial charge in [-0.15, -0.1) is 11.3 Å². The second-order valence-corrected chi connectivity index (χ2v) is 6.73. The number of rotatable bonds is 5. The van der Waals surface area contributed by atoms with Gasteiger partial charge in [-0.25, -0.2) is 4.98 Å². The van der Waals surface area contributed by atoms with Crippen LogP contribution in [-0.2, 0) is 11.2 Å². The van der Waals surface area contributed by atoms with E-state index >= 15 is 0 Å². The number of thiophene rings is 1. The van der Waals surface area contributed by atoms with E-state index in [1.54, 1.807) is 18.4 Å². The van der Waals surface area contributed by atoms with Crippen LogP contribution in [0.3, 0.4) is 0 Å². The molecule has 0 radical (unpaired) electrons. The summed E-state index contributed by atoms with van der Waals surface area (Å²) in [5, 5.41) is 1.02. The van der Waals surface area contributed by atoms with Crippen LogP contribution in [0.2, 0.25) is 0 Å². The minimum absolute atomic E-state index is 0.638. The van der Waals surface area contributed by atoms with Gasteiger partial charge in [0.15, 0.2) is 0 Å². The fourth-order valence-electron chi connectivity index (χ4n) is 2.44. The fourth-order valence-corrected chi connectivity index (χ4v) is 3.51. The van der Waals surface area contributed by atoms with Crippen molar-refractivity contribution in [1.29, 1.82) is 0 Å². The molecule has 3 rings (SSSR count). The van der Waals surface area contributed by atoms with Gasteiger partial charge in [-0.3, -0.25) is 0 Å². The number of nitrogens with zero attached hydrogens (tertiary/aromatic N) is 2. The number of aryl methyl sites for hydroxylation is 3. The lowest BCUT2D eigenvalue weighted by Crippen LogP contribution is -1.96. The molecule has 0 aliphatic rings. The lowest BCUT2D eigenvalue weighted by atomic mass is 10.1. The standard InChI is InChI=1S/C18H20N2O2S/c1-11-12(2)23-18-16(11)17(19-13(3)20-18)22-15-7-5-14(6-8-15)9-10-21-4/h5-8H,9-10H2,1-4H3. The largest absolute Gasteiger partial charge is 0.438 e. The Hall–Kier alpha value is -1.98. The van der Waals surface area contributed by atoms with Crippen LogP contribution >= 0.6 is 11.3 Å². The van der Waals surface area contributed by atoms with E-state index in [0.717, 1.165) is 34.8 Å². The lowest BCUT2D eigenvalue weighted by Gasteiger charge is -2.08. The van der Waals surface area contributed by atoms with Crippen LogP contribution in [0.1, 0.15) is 21.8 Å². The molecule has 1 aromatic carbocycles. The number of benzene rings is 1. The molecule has 0 saturated heterocycles. The van der Waals surface area contributed by atoms with Crippen LogP contribution < -0.4 is 4.74 Å². The highest BCUT2D eigenvalue weighted by Gasteiger charge is 2.15. The molecule has 4 nitrogen and oxygen atoms in total. The molecule has 120 valence electrons. The number of hydrogen-bond acceptors (Lipinski definition) is 5. The van der Waals surface area contributed by atoms with E-state index in [2.05, 4.69) is 35.9 Å². The number of hydrogen-bond donors (Lipinski definition) is 0. The van der Waals surface area contributed by atoms with E-state index in [-0.39, 0.29) is 0 Å². The van der Waals surface area contributed by atoms with Crippen molar-refractivity contribution in [3.63, 3.8) is 0 Å². The van der Waals surface area contributed by atoms with Crippen LogP contribution in [0.25, 0.3) is 10.2 Å². The third kappa shape index (κ3) is 3.35. The summed E-state index contributed by atoms with van der Waals surface area (Å²) in [6.45, 7) is 6.81. The maximum Gasteiger partial charge on any atom is 0.231 e. The first-order valence-corrected chi connectivity index (χ1v) is 8.40. The number of aromatic nitrogens is 2. The van der Waals surface area contributed by atoms with E-state index < -0.39 is 0 Å². The molecular weight excluding hydrogens is 308 g/mol. The minimum atomic E-state index is 0.638. The quantitative estimate of drug-likeness (QED) is 0.687. The predicted octanol–water partition coefficient (Wildman–Crippen LogP) is 4.60. The van der Waals surface area contributed by atoms with Crippen LogP contribution in [0.4, 0.5) is 0 Å². The summed E-state index contributed by atoms with van der Waals surface area (Å²) in [4.78, 5) is 11.3. The summed E-state index contributed by atoms with van der Waals surface area (Å²) in [6.07, 6.45) is 0.899. The molecule has 0 fully saturated rings. The third-order valence-electron chi connectivity index (χ3n) is 3.84. The molecule has 5 heteroatoms. The number of fused-ring (bicyclic) bond motifs is 1. The van der Waals surface area contributed by atoms with Crippen LogP contribution in [0.5, 0.6) is 11.6 Å².